The Morgan fingerprint density at radius 3 is 2.76 bits per heavy atom. The first-order chi connectivity index (χ1) is 10.1. The molecule has 0 unspecified atom stereocenters. The zero-order valence-electron chi connectivity index (χ0n) is 11.5. The Kier molecular flexibility index (Phi) is 5.14. The van der Waals surface area contributed by atoms with Crippen LogP contribution in [0.1, 0.15) is 11.1 Å². The summed E-state index contributed by atoms with van der Waals surface area (Å²) in [4.78, 5) is 10.3. The molecule has 2 rings (SSSR count). The molecule has 0 atom stereocenters. The van der Waals surface area contributed by atoms with Gasteiger partial charge in [-0.1, -0.05) is 35.9 Å². The van der Waals surface area contributed by atoms with Gasteiger partial charge in [0, 0.05) is 24.2 Å². The number of para-hydroxylation sites is 1. The molecule has 0 aliphatic heterocycles. The fourth-order valence-electron chi connectivity index (χ4n) is 1.96. The van der Waals surface area contributed by atoms with Gasteiger partial charge < -0.3 is 10.1 Å². The third kappa shape index (κ3) is 3.93. The Morgan fingerprint density at radius 1 is 1.29 bits per heavy atom. The molecular formula is C15H15ClN2O3. The lowest BCUT2D eigenvalue weighted by Crippen LogP contribution is -2.08. The number of nitro groups is 1. The molecule has 0 aliphatic carbocycles. The first-order valence-corrected chi connectivity index (χ1v) is 6.77. The highest BCUT2D eigenvalue weighted by atomic mass is 35.5. The third-order valence-electron chi connectivity index (χ3n) is 2.92. The van der Waals surface area contributed by atoms with E-state index >= 15 is 0 Å². The van der Waals surface area contributed by atoms with Crippen LogP contribution in [-0.2, 0) is 13.2 Å². The van der Waals surface area contributed by atoms with E-state index in [-0.39, 0.29) is 12.3 Å². The number of non-ortho nitro benzene ring substituents is 1. The lowest BCUT2D eigenvalue weighted by atomic mass is 10.2. The molecule has 0 radical (unpaired) electrons. The molecular weight excluding hydrogens is 292 g/mol. The first-order valence-electron chi connectivity index (χ1n) is 6.40. The fourth-order valence-corrected chi connectivity index (χ4v) is 2.21. The van der Waals surface area contributed by atoms with Gasteiger partial charge in [0.25, 0.3) is 5.69 Å². The van der Waals surface area contributed by atoms with Crippen molar-refractivity contribution in [2.45, 2.75) is 13.2 Å². The average Bonchev–Trinajstić information content (AvgIpc) is 2.47. The predicted octanol–water partition coefficient (Wildman–Crippen LogP) is 3.55. The topological polar surface area (TPSA) is 64.4 Å². The number of ether oxygens (including phenoxy) is 1. The molecule has 21 heavy (non-hydrogen) atoms. The zero-order chi connectivity index (χ0) is 15.2. The van der Waals surface area contributed by atoms with Gasteiger partial charge in [-0.05, 0) is 18.7 Å². The summed E-state index contributed by atoms with van der Waals surface area (Å²) in [7, 11) is 1.84. The molecule has 0 saturated carbocycles. The summed E-state index contributed by atoms with van der Waals surface area (Å²) in [6.07, 6.45) is 0. The Hall–Kier alpha value is -2.11. The molecule has 0 amide bonds. The molecule has 0 fully saturated rings. The quantitative estimate of drug-likeness (QED) is 0.655. The second-order valence-corrected chi connectivity index (χ2v) is 4.88. The van der Waals surface area contributed by atoms with Crippen LogP contribution in [0, 0.1) is 10.1 Å². The monoisotopic (exact) mass is 306 g/mol. The second kappa shape index (κ2) is 7.06. The molecule has 0 aromatic heterocycles. The Morgan fingerprint density at radius 2 is 2.05 bits per heavy atom. The van der Waals surface area contributed by atoms with Crippen LogP contribution in [0.2, 0.25) is 5.02 Å². The number of benzene rings is 2. The number of hydrogen-bond donors (Lipinski definition) is 1. The molecule has 2 aromatic rings. The van der Waals surface area contributed by atoms with E-state index in [0.717, 1.165) is 11.1 Å². The molecule has 0 saturated heterocycles. The maximum Gasteiger partial charge on any atom is 0.269 e. The van der Waals surface area contributed by atoms with Gasteiger partial charge in [0.05, 0.1) is 9.95 Å². The summed E-state index contributed by atoms with van der Waals surface area (Å²) in [5.41, 5.74) is 1.71. The van der Waals surface area contributed by atoms with Crippen LogP contribution < -0.4 is 10.1 Å². The van der Waals surface area contributed by atoms with E-state index in [1.54, 1.807) is 18.2 Å². The van der Waals surface area contributed by atoms with E-state index in [0.29, 0.717) is 17.3 Å². The molecule has 1 N–H and O–H groups in total. The van der Waals surface area contributed by atoms with Crippen molar-refractivity contribution in [3.05, 3.63) is 68.7 Å². The van der Waals surface area contributed by atoms with Gasteiger partial charge in [-0.25, -0.2) is 0 Å². The minimum Gasteiger partial charge on any atom is -0.487 e. The fraction of sp³-hybridized carbons (Fsp3) is 0.200. The summed E-state index contributed by atoms with van der Waals surface area (Å²) in [5, 5.41) is 14.3. The van der Waals surface area contributed by atoms with Crippen molar-refractivity contribution >= 4 is 17.3 Å². The van der Waals surface area contributed by atoms with Crippen molar-refractivity contribution in [2.75, 3.05) is 7.05 Å². The molecule has 0 spiro atoms. The number of rotatable bonds is 6. The normalized spacial score (nSPS) is 10.4. The van der Waals surface area contributed by atoms with Crippen molar-refractivity contribution in [1.82, 2.24) is 5.32 Å². The van der Waals surface area contributed by atoms with Gasteiger partial charge in [0.15, 0.2) is 0 Å². The maximum atomic E-state index is 10.8. The maximum absolute atomic E-state index is 10.8. The molecule has 6 heteroatoms. The number of hydrogen-bond acceptors (Lipinski definition) is 4. The largest absolute Gasteiger partial charge is 0.487 e. The van der Waals surface area contributed by atoms with Gasteiger partial charge in [0.2, 0.25) is 0 Å². The zero-order valence-corrected chi connectivity index (χ0v) is 12.3. The van der Waals surface area contributed by atoms with Gasteiger partial charge in [0.1, 0.15) is 12.4 Å². The summed E-state index contributed by atoms with van der Waals surface area (Å²) < 4.78 is 5.75. The van der Waals surface area contributed by atoms with Gasteiger partial charge in [-0.3, -0.25) is 10.1 Å². The summed E-state index contributed by atoms with van der Waals surface area (Å²) in [6.45, 7) is 0.854. The van der Waals surface area contributed by atoms with Crippen molar-refractivity contribution in [3.8, 4) is 5.75 Å². The van der Waals surface area contributed by atoms with Crippen molar-refractivity contribution in [1.29, 1.82) is 0 Å². The van der Waals surface area contributed by atoms with Crippen LogP contribution in [0.4, 0.5) is 5.69 Å². The number of nitro benzene ring substituents is 1. The Bertz CT molecular complexity index is 647. The molecule has 0 bridgehead atoms. The first kappa shape index (κ1) is 15.3. The highest BCUT2D eigenvalue weighted by Gasteiger charge is 2.10. The number of nitrogens with zero attached hydrogens (tertiary/aromatic N) is 1. The van der Waals surface area contributed by atoms with E-state index in [2.05, 4.69) is 5.32 Å². The standard InChI is InChI=1S/C15H15ClN2O3/c1-17-9-12-5-3-7-14(16)15(12)21-10-11-4-2-6-13(8-11)18(19)20/h2-8,17H,9-10H2,1H3. The SMILES string of the molecule is CNCc1cccc(Cl)c1OCc1cccc([N+](=O)[O-])c1. The van der Waals surface area contributed by atoms with Crippen LogP contribution in [0.15, 0.2) is 42.5 Å². The van der Waals surface area contributed by atoms with E-state index in [1.807, 2.05) is 19.2 Å². The Balaban J connectivity index is 2.16. The van der Waals surface area contributed by atoms with Crippen LogP contribution >= 0.6 is 11.6 Å². The van der Waals surface area contributed by atoms with Crippen molar-refractivity contribution in [3.63, 3.8) is 0 Å². The number of halogens is 1. The molecule has 2 aromatic carbocycles. The van der Waals surface area contributed by atoms with Crippen LogP contribution in [0.25, 0.3) is 0 Å². The lowest BCUT2D eigenvalue weighted by Gasteiger charge is -2.13. The average molecular weight is 307 g/mol. The van der Waals surface area contributed by atoms with Crippen LogP contribution in [-0.4, -0.2) is 12.0 Å². The van der Waals surface area contributed by atoms with Gasteiger partial charge in [-0.15, -0.1) is 0 Å². The van der Waals surface area contributed by atoms with Crippen molar-refractivity contribution < 1.29 is 9.66 Å². The van der Waals surface area contributed by atoms with E-state index in [4.69, 9.17) is 16.3 Å². The molecule has 0 heterocycles. The van der Waals surface area contributed by atoms with E-state index in [1.165, 1.54) is 12.1 Å². The van der Waals surface area contributed by atoms with E-state index < -0.39 is 4.92 Å². The van der Waals surface area contributed by atoms with Crippen LogP contribution in [0.5, 0.6) is 5.75 Å². The predicted molar refractivity (Wildman–Crippen MR) is 81.6 cm³/mol. The lowest BCUT2D eigenvalue weighted by molar-refractivity contribution is -0.384. The highest BCUT2D eigenvalue weighted by Crippen LogP contribution is 2.29. The second-order valence-electron chi connectivity index (χ2n) is 4.47. The highest BCUT2D eigenvalue weighted by molar-refractivity contribution is 6.32. The summed E-state index contributed by atoms with van der Waals surface area (Å²) >= 11 is 6.15. The minimum atomic E-state index is -0.425. The van der Waals surface area contributed by atoms with Gasteiger partial charge in [-0.2, -0.15) is 0 Å². The van der Waals surface area contributed by atoms with Crippen LogP contribution in [0.3, 0.4) is 0 Å². The minimum absolute atomic E-state index is 0.0470. The molecule has 0 aliphatic rings. The van der Waals surface area contributed by atoms with Crippen molar-refractivity contribution in [2.24, 2.45) is 0 Å². The molecule has 110 valence electrons. The summed E-state index contributed by atoms with van der Waals surface area (Å²) in [6, 6.07) is 11.9. The van der Waals surface area contributed by atoms with E-state index in [9.17, 15) is 10.1 Å². The smallest absolute Gasteiger partial charge is 0.269 e. The number of nitrogens with one attached hydrogen (secondary N) is 1. The Labute approximate surface area is 127 Å². The van der Waals surface area contributed by atoms with Gasteiger partial charge >= 0.3 is 0 Å². The molecule has 5 nitrogen and oxygen atoms in total. The summed E-state index contributed by atoms with van der Waals surface area (Å²) in [5.74, 6) is 0.597. The third-order valence-corrected chi connectivity index (χ3v) is 3.22.